The minimum atomic E-state index is -0.536. The Hall–Kier alpha value is -4.04. The fourth-order valence-electron chi connectivity index (χ4n) is 8.49. The van der Waals surface area contributed by atoms with Gasteiger partial charge in [-0.05, 0) is 70.5 Å². The van der Waals surface area contributed by atoms with Gasteiger partial charge in [0.2, 0.25) is 0 Å². The molecule has 0 spiro atoms. The Bertz CT molecular complexity index is 1570. The van der Waals surface area contributed by atoms with Crippen molar-refractivity contribution in [1.29, 1.82) is 0 Å². The van der Waals surface area contributed by atoms with Gasteiger partial charge in [0, 0.05) is 13.1 Å². The van der Waals surface area contributed by atoms with Crippen molar-refractivity contribution in [3.8, 4) is 23.0 Å². The molecule has 7 heteroatoms. The monoisotopic (exact) mass is 576 g/mol. The van der Waals surface area contributed by atoms with Gasteiger partial charge in [-0.1, -0.05) is 60.7 Å². The Kier molecular flexibility index (Phi) is 6.02. The highest BCUT2D eigenvalue weighted by Gasteiger charge is 2.74. The summed E-state index contributed by atoms with van der Waals surface area (Å²) in [6, 6.07) is 30.4. The summed E-state index contributed by atoms with van der Waals surface area (Å²) in [6.45, 7) is 1.67. The molecule has 0 aliphatic carbocycles. The zero-order valence-electron chi connectivity index (χ0n) is 25.0. The summed E-state index contributed by atoms with van der Waals surface area (Å²) in [4.78, 5) is 5.24. The van der Waals surface area contributed by atoms with Crippen LogP contribution in [-0.2, 0) is 28.7 Å². The summed E-state index contributed by atoms with van der Waals surface area (Å²) in [5.74, 6) is 2.98. The third-order valence-corrected chi connectivity index (χ3v) is 10.2. The van der Waals surface area contributed by atoms with Gasteiger partial charge in [0.25, 0.3) is 0 Å². The number of hydrogen-bond donors (Lipinski definition) is 0. The summed E-state index contributed by atoms with van der Waals surface area (Å²) >= 11 is 0. The van der Waals surface area contributed by atoms with Gasteiger partial charge in [-0.3, -0.25) is 9.80 Å². The third kappa shape index (κ3) is 3.30. The number of rotatable bonds is 6. The van der Waals surface area contributed by atoms with Gasteiger partial charge in [0.15, 0.2) is 23.0 Å². The van der Waals surface area contributed by atoms with Gasteiger partial charge < -0.3 is 23.7 Å². The highest BCUT2D eigenvalue weighted by molar-refractivity contribution is 5.61. The number of methoxy groups -OCH3 is 4. The van der Waals surface area contributed by atoms with Crippen LogP contribution in [0.15, 0.2) is 84.9 Å². The first-order chi connectivity index (χ1) is 21.1. The first-order valence-corrected chi connectivity index (χ1v) is 14.9. The van der Waals surface area contributed by atoms with Gasteiger partial charge >= 0.3 is 0 Å². The van der Waals surface area contributed by atoms with Gasteiger partial charge in [-0.25, -0.2) is 0 Å². The normalized spacial score (nSPS) is 27.1. The van der Waals surface area contributed by atoms with Crippen LogP contribution in [-0.4, -0.2) is 63.8 Å². The number of hydrogen-bond acceptors (Lipinski definition) is 7. The molecule has 4 aromatic rings. The lowest BCUT2D eigenvalue weighted by atomic mass is 9.66. The quantitative estimate of drug-likeness (QED) is 0.288. The van der Waals surface area contributed by atoms with Crippen LogP contribution in [0.4, 0.5) is 0 Å². The second-order valence-electron chi connectivity index (χ2n) is 11.7. The van der Waals surface area contributed by atoms with Crippen molar-refractivity contribution >= 4 is 0 Å². The van der Waals surface area contributed by atoms with E-state index in [1.54, 1.807) is 28.4 Å². The zero-order chi connectivity index (χ0) is 29.3. The van der Waals surface area contributed by atoms with Crippen LogP contribution in [0.25, 0.3) is 0 Å². The number of benzene rings is 4. The second-order valence-corrected chi connectivity index (χ2v) is 11.7. The number of nitrogens with zero attached hydrogens (tertiary/aromatic N) is 2. The number of piperazine rings is 1. The smallest absolute Gasteiger partial charge is 0.161 e. The van der Waals surface area contributed by atoms with Crippen LogP contribution in [0, 0.1) is 0 Å². The maximum absolute atomic E-state index is 7.36. The molecular weight excluding hydrogens is 540 g/mol. The van der Waals surface area contributed by atoms with Gasteiger partial charge in [0.1, 0.15) is 23.5 Å². The van der Waals surface area contributed by atoms with E-state index in [1.807, 2.05) is 0 Å². The molecular formula is C36H36N2O5. The Morgan fingerprint density at radius 1 is 0.558 bits per heavy atom. The van der Waals surface area contributed by atoms with E-state index >= 15 is 0 Å². The molecule has 4 heterocycles. The van der Waals surface area contributed by atoms with E-state index < -0.39 is 11.1 Å². The van der Waals surface area contributed by atoms with Crippen LogP contribution < -0.4 is 18.9 Å². The lowest BCUT2D eigenvalue weighted by Crippen LogP contribution is -2.71. The van der Waals surface area contributed by atoms with Crippen molar-refractivity contribution in [2.75, 3.05) is 41.5 Å². The molecule has 2 saturated heterocycles. The van der Waals surface area contributed by atoms with Crippen molar-refractivity contribution in [3.05, 3.63) is 118 Å². The standard InChI is InChI=1S/C36H36N2O5/c1-39-29-19-23-15-17-37-34-36(26-13-9-6-10-14-26)28-22-32(42-4)30(40-2)20-24(28)16-18-38(36)33(43-34)35(37,25-11-7-5-8-12-25)27(23)21-31(29)41-3/h5-14,19-22,33-34H,15-18H2,1-4H3/t33-,34-,35+,36+/m1/s1. The van der Waals surface area contributed by atoms with Crippen LogP contribution in [0.5, 0.6) is 23.0 Å². The minimum Gasteiger partial charge on any atom is -0.493 e. The van der Waals surface area contributed by atoms with Gasteiger partial charge in [0.05, 0.1) is 28.4 Å². The molecule has 4 atom stereocenters. The summed E-state index contributed by atoms with van der Waals surface area (Å²) in [5, 5.41) is 0. The van der Waals surface area contributed by atoms with Crippen LogP contribution in [0.1, 0.15) is 33.4 Å². The maximum Gasteiger partial charge on any atom is 0.161 e. The molecule has 0 unspecified atom stereocenters. The molecule has 7 nitrogen and oxygen atoms in total. The van der Waals surface area contributed by atoms with Crippen molar-refractivity contribution in [3.63, 3.8) is 0 Å². The summed E-state index contributed by atoms with van der Waals surface area (Å²) in [6.07, 6.45) is 1.25. The van der Waals surface area contributed by atoms with Gasteiger partial charge in [-0.15, -0.1) is 0 Å². The van der Waals surface area contributed by atoms with E-state index in [1.165, 1.54) is 33.4 Å². The van der Waals surface area contributed by atoms with Crippen molar-refractivity contribution < 1.29 is 23.7 Å². The Morgan fingerprint density at radius 2 is 0.930 bits per heavy atom. The first-order valence-electron chi connectivity index (χ1n) is 14.9. The number of fused-ring (bicyclic) bond motifs is 12. The predicted octanol–water partition coefficient (Wildman–Crippen LogP) is 5.32. The summed E-state index contributed by atoms with van der Waals surface area (Å²) in [5.41, 5.74) is 6.33. The molecule has 43 heavy (non-hydrogen) atoms. The van der Waals surface area contributed by atoms with Crippen LogP contribution >= 0.6 is 0 Å². The highest BCUT2D eigenvalue weighted by atomic mass is 16.6. The van der Waals surface area contributed by atoms with E-state index in [2.05, 4.69) is 94.7 Å². The van der Waals surface area contributed by atoms with E-state index in [0.717, 1.165) is 48.9 Å². The molecule has 2 fully saturated rings. The number of ether oxygens (including phenoxy) is 5. The van der Waals surface area contributed by atoms with E-state index in [4.69, 9.17) is 23.7 Å². The molecule has 220 valence electrons. The fraction of sp³-hybridized carbons (Fsp3) is 0.333. The Balaban J connectivity index is 1.42. The predicted molar refractivity (Wildman–Crippen MR) is 163 cm³/mol. The molecule has 0 amide bonds. The molecule has 2 bridgehead atoms. The molecule has 0 aromatic heterocycles. The molecule has 8 rings (SSSR count). The van der Waals surface area contributed by atoms with Crippen LogP contribution in [0.3, 0.4) is 0 Å². The zero-order valence-corrected chi connectivity index (χ0v) is 25.0. The molecule has 0 radical (unpaired) electrons. The Morgan fingerprint density at radius 3 is 1.30 bits per heavy atom. The molecule has 4 aliphatic rings. The van der Waals surface area contributed by atoms with Gasteiger partial charge in [-0.2, -0.15) is 0 Å². The van der Waals surface area contributed by atoms with E-state index in [-0.39, 0.29) is 12.5 Å². The van der Waals surface area contributed by atoms with Crippen molar-refractivity contribution in [1.82, 2.24) is 9.80 Å². The van der Waals surface area contributed by atoms with E-state index in [0.29, 0.717) is 0 Å². The largest absolute Gasteiger partial charge is 0.493 e. The molecule has 0 N–H and O–H groups in total. The van der Waals surface area contributed by atoms with Crippen molar-refractivity contribution in [2.45, 2.75) is 36.4 Å². The third-order valence-electron chi connectivity index (χ3n) is 10.2. The molecule has 0 saturated carbocycles. The maximum atomic E-state index is 7.36. The minimum absolute atomic E-state index is 0.251. The van der Waals surface area contributed by atoms with E-state index in [9.17, 15) is 0 Å². The topological polar surface area (TPSA) is 52.6 Å². The first kappa shape index (κ1) is 26.6. The fourth-order valence-corrected chi connectivity index (χ4v) is 8.49. The summed E-state index contributed by atoms with van der Waals surface area (Å²) in [7, 11) is 6.83. The average Bonchev–Trinajstić information content (AvgIpc) is 3.61. The molecule has 4 aromatic carbocycles. The highest BCUT2D eigenvalue weighted by Crippen LogP contribution is 2.65. The molecule has 4 aliphatic heterocycles. The second kappa shape index (κ2) is 9.74. The Labute approximate surface area is 252 Å². The van der Waals surface area contributed by atoms with Crippen molar-refractivity contribution in [2.24, 2.45) is 0 Å². The summed E-state index contributed by atoms with van der Waals surface area (Å²) < 4.78 is 30.6. The van der Waals surface area contributed by atoms with Crippen LogP contribution in [0.2, 0.25) is 0 Å². The SMILES string of the molecule is COc1cc2c(cc1OC)[C@@]1(c3ccccc3)[C@H]3O[C@@H](N1CC2)[C@]1(c2ccccc2)c2cc(OC)c(OC)cc2CCN31. The lowest BCUT2D eigenvalue weighted by Gasteiger charge is -2.60. The average molecular weight is 577 g/mol. The lowest BCUT2D eigenvalue weighted by molar-refractivity contribution is -0.0709.